The number of nitrogens with zero attached hydrogens (tertiary/aromatic N) is 2. The minimum absolute atomic E-state index is 0.242. The summed E-state index contributed by atoms with van der Waals surface area (Å²) in [5.41, 5.74) is 2.71. The van der Waals surface area contributed by atoms with Crippen molar-refractivity contribution in [1.82, 2.24) is 20.7 Å². The SMILES string of the molecule is CCCCNC(=O)C(=O)C(CCCC)N(NC(=O)N1CCOCC1)C(=O)C1CCCCC1. The van der Waals surface area contributed by atoms with Crippen LogP contribution in [0.5, 0.6) is 0 Å². The molecule has 1 aliphatic heterocycles. The van der Waals surface area contributed by atoms with Gasteiger partial charge in [-0.3, -0.25) is 14.4 Å². The molecular weight excluding hydrogens is 412 g/mol. The number of hydrogen-bond acceptors (Lipinski definition) is 5. The van der Waals surface area contributed by atoms with Gasteiger partial charge in [0, 0.05) is 25.6 Å². The van der Waals surface area contributed by atoms with Crippen LogP contribution in [0.25, 0.3) is 0 Å². The number of ketones is 1. The number of Topliss-reactive ketones (excluding diaryl/α,β-unsaturated/α-hetero) is 1. The van der Waals surface area contributed by atoms with Crippen molar-refractivity contribution in [3.8, 4) is 0 Å². The predicted octanol–water partition coefficient (Wildman–Crippen LogP) is 2.40. The van der Waals surface area contributed by atoms with Gasteiger partial charge < -0.3 is 15.0 Å². The van der Waals surface area contributed by atoms with Crippen LogP contribution in [-0.4, -0.2) is 72.4 Å². The number of amides is 4. The van der Waals surface area contributed by atoms with Crippen LogP contribution in [0, 0.1) is 5.92 Å². The lowest BCUT2D eigenvalue weighted by molar-refractivity contribution is -0.150. The van der Waals surface area contributed by atoms with Crippen molar-refractivity contribution in [2.45, 2.75) is 84.1 Å². The summed E-state index contributed by atoms with van der Waals surface area (Å²) in [5.74, 6) is -1.86. The van der Waals surface area contributed by atoms with Gasteiger partial charge in [-0.25, -0.2) is 15.2 Å². The molecule has 1 saturated carbocycles. The smallest absolute Gasteiger partial charge is 0.336 e. The number of morpholine rings is 1. The third kappa shape index (κ3) is 7.76. The molecule has 1 unspecified atom stereocenters. The molecule has 9 heteroatoms. The van der Waals surface area contributed by atoms with Crippen LogP contribution >= 0.6 is 0 Å². The molecule has 0 aromatic rings. The lowest BCUT2D eigenvalue weighted by atomic mass is 9.88. The quantitative estimate of drug-likeness (QED) is 0.301. The zero-order valence-corrected chi connectivity index (χ0v) is 19.7. The Morgan fingerprint density at radius 1 is 1.00 bits per heavy atom. The molecule has 2 fully saturated rings. The summed E-state index contributed by atoms with van der Waals surface area (Å²) in [6.07, 6.45) is 7.94. The normalized spacial score (nSPS) is 18.0. The first-order chi connectivity index (χ1) is 15.5. The van der Waals surface area contributed by atoms with Gasteiger partial charge in [0.25, 0.3) is 5.91 Å². The van der Waals surface area contributed by atoms with Crippen LogP contribution in [0.1, 0.15) is 78.1 Å². The van der Waals surface area contributed by atoms with Gasteiger partial charge in [0.15, 0.2) is 0 Å². The number of urea groups is 1. The number of carbonyl (C=O) groups is 4. The summed E-state index contributed by atoms with van der Waals surface area (Å²) in [4.78, 5) is 53.7. The number of rotatable bonds is 10. The number of hydrazine groups is 1. The van der Waals surface area contributed by atoms with E-state index in [4.69, 9.17) is 4.74 Å². The molecule has 0 spiro atoms. The van der Waals surface area contributed by atoms with Gasteiger partial charge in [0.1, 0.15) is 6.04 Å². The van der Waals surface area contributed by atoms with Crippen molar-refractivity contribution in [1.29, 1.82) is 0 Å². The van der Waals surface area contributed by atoms with E-state index in [1.165, 1.54) is 5.01 Å². The molecule has 2 rings (SSSR count). The summed E-state index contributed by atoms with van der Waals surface area (Å²) in [6, 6.07) is -1.44. The van der Waals surface area contributed by atoms with Crippen LogP contribution in [0.2, 0.25) is 0 Å². The average molecular weight is 453 g/mol. The molecule has 2 N–H and O–H groups in total. The van der Waals surface area contributed by atoms with E-state index in [1.54, 1.807) is 4.90 Å². The number of unbranched alkanes of at least 4 members (excludes halogenated alkanes) is 2. The van der Waals surface area contributed by atoms with Crippen LogP contribution < -0.4 is 10.7 Å². The summed E-state index contributed by atoms with van der Waals surface area (Å²) in [6.45, 7) is 6.11. The van der Waals surface area contributed by atoms with Gasteiger partial charge in [-0.2, -0.15) is 0 Å². The zero-order valence-electron chi connectivity index (χ0n) is 19.7. The third-order valence-corrected chi connectivity index (χ3v) is 6.19. The van der Waals surface area contributed by atoms with Crippen molar-refractivity contribution in [2.75, 3.05) is 32.8 Å². The Labute approximate surface area is 191 Å². The van der Waals surface area contributed by atoms with E-state index in [0.29, 0.717) is 45.7 Å². The second kappa shape index (κ2) is 14.1. The number of nitrogens with one attached hydrogen (secondary N) is 2. The highest BCUT2D eigenvalue weighted by atomic mass is 16.5. The first kappa shape index (κ1) is 26.1. The number of ether oxygens (including phenoxy) is 1. The molecule has 0 bridgehead atoms. The summed E-state index contributed by atoms with van der Waals surface area (Å²) >= 11 is 0. The monoisotopic (exact) mass is 452 g/mol. The van der Waals surface area contributed by atoms with Crippen LogP contribution in [0.4, 0.5) is 4.79 Å². The van der Waals surface area contributed by atoms with E-state index in [9.17, 15) is 19.2 Å². The third-order valence-electron chi connectivity index (χ3n) is 6.19. The molecule has 32 heavy (non-hydrogen) atoms. The van der Waals surface area contributed by atoms with Crippen molar-refractivity contribution >= 4 is 23.6 Å². The Bertz CT molecular complexity index is 630. The first-order valence-corrected chi connectivity index (χ1v) is 12.3. The molecule has 4 amide bonds. The minimum Gasteiger partial charge on any atom is -0.378 e. The molecule has 0 aromatic carbocycles. The fourth-order valence-corrected chi connectivity index (χ4v) is 4.17. The average Bonchev–Trinajstić information content (AvgIpc) is 2.83. The van der Waals surface area contributed by atoms with Gasteiger partial charge in [-0.05, 0) is 25.7 Å². The molecule has 182 valence electrons. The zero-order chi connectivity index (χ0) is 23.3. The largest absolute Gasteiger partial charge is 0.378 e. The molecule has 1 saturated heterocycles. The second-order valence-corrected chi connectivity index (χ2v) is 8.69. The van der Waals surface area contributed by atoms with Gasteiger partial charge in [0.2, 0.25) is 11.7 Å². The van der Waals surface area contributed by atoms with Crippen molar-refractivity contribution in [3.05, 3.63) is 0 Å². The van der Waals surface area contributed by atoms with E-state index in [0.717, 1.165) is 51.4 Å². The lowest BCUT2D eigenvalue weighted by Crippen LogP contribution is -2.61. The molecule has 0 aromatic heterocycles. The molecular formula is C23H40N4O5. The second-order valence-electron chi connectivity index (χ2n) is 8.69. The summed E-state index contributed by atoms with van der Waals surface area (Å²) < 4.78 is 5.31. The topological polar surface area (TPSA) is 108 Å². The first-order valence-electron chi connectivity index (χ1n) is 12.3. The molecule has 1 heterocycles. The predicted molar refractivity (Wildman–Crippen MR) is 121 cm³/mol. The highest BCUT2D eigenvalue weighted by molar-refractivity contribution is 6.38. The lowest BCUT2D eigenvalue weighted by Gasteiger charge is -2.36. The Kier molecular flexibility index (Phi) is 11.5. The fourth-order valence-electron chi connectivity index (χ4n) is 4.17. The van der Waals surface area contributed by atoms with Gasteiger partial charge in [-0.15, -0.1) is 0 Å². The summed E-state index contributed by atoms with van der Waals surface area (Å²) in [5, 5.41) is 3.85. The molecule has 9 nitrogen and oxygen atoms in total. The van der Waals surface area contributed by atoms with Crippen LogP contribution in [-0.2, 0) is 19.1 Å². The maximum Gasteiger partial charge on any atom is 0.336 e. The number of carbonyl (C=O) groups excluding carboxylic acids is 4. The Morgan fingerprint density at radius 3 is 2.28 bits per heavy atom. The maximum atomic E-state index is 13.5. The van der Waals surface area contributed by atoms with Crippen molar-refractivity contribution in [2.24, 2.45) is 5.92 Å². The van der Waals surface area contributed by atoms with E-state index < -0.39 is 23.8 Å². The standard InChI is InChI=1S/C23H40N4O5/c1-3-5-12-19(20(28)21(29)24-13-6-4-2)27(22(30)18-10-8-7-9-11-18)25-23(31)26-14-16-32-17-15-26/h18-19H,3-17H2,1-2H3,(H,24,29)(H,25,31). The highest BCUT2D eigenvalue weighted by Crippen LogP contribution is 2.26. The molecule has 1 atom stereocenters. The fraction of sp³-hybridized carbons (Fsp3) is 0.826. The van der Waals surface area contributed by atoms with E-state index in [-0.39, 0.29) is 11.8 Å². The van der Waals surface area contributed by atoms with Gasteiger partial charge >= 0.3 is 6.03 Å². The van der Waals surface area contributed by atoms with E-state index >= 15 is 0 Å². The Hall–Kier alpha value is -2.16. The Morgan fingerprint density at radius 2 is 1.66 bits per heavy atom. The number of hydrogen-bond donors (Lipinski definition) is 2. The molecule has 0 radical (unpaired) electrons. The van der Waals surface area contributed by atoms with Crippen LogP contribution in [0.15, 0.2) is 0 Å². The van der Waals surface area contributed by atoms with Crippen molar-refractivity contribution < 1.29 is 23.9 Å². The van der Waals surface area contributed by atoms with Gasteiger partial charge in [0.05, 0.1) is 13.2 Å². The Balaban J connectivity index is 2.23. The highest BCUT2D eigenvalue weighted by Gasteiger charge is 2.38. The summed E-state index contributed by atoms with van der Waals surface area (Å²) in [7, 11) is 0. The van der Waals surface area contributed by atoms with Gasteiger partial charge in [-0.1, -0.05) is 52.4 Å². The van der Waals surface area contributed by atoms with Crippen molar-refractivity contribution in [3.63, 3.8) is 0 Å². The molecule has 2 aliphatic rings. The minimum atomic E-state index is -1.00. The maximum absolute atomic E-state index is 13.5. The molecule has 1 aliphatic carbocycles. The van der Waals surface area contributed by atoms with Crippen LogP contribution in [0.3, 0.4) is 0 Å². The van der Waals surface area contributed by atoms with E-state index in [1.807, 2.05) is 13.8 Å². The van der Waals surface area contributed by atoms with E-state index in [2.05, 4.69) is 10.7 Å².